The maximum absolute atomic E-state index is 13.8. The molecule has 0 saturated heterocycles. The summed E-state index contributed by atoms with van der Waals surface area (Å²) in [4.78, 5) is 13.6. The van der Waals surface area contributed by atoms with Gasteiger partial charge < -0.3 is 15.7 Å². The first-order chi connectivity index (χ1) is 11.1. The van der Waals surface area contributed by atoms with Crippen LogP contribution in [0.3, 0.4) is 0 Å². The van der Waals surface area contributed by atoms with Gasteiger partial charge in [0.2, 0.25) is 5.91 Å². The summed E-state index contributed by atoms with van der Waals surface area (Å²) in [7, 11) is 0. The molecule has 5 heteroatoms. The first-order valence-electron chi connectivity index (χ1n) is 7.63. The summed E-state index contributed by atoms with van der Waals surface area (Å²) in [6, 6.07) is 13.8. The van der Waals surface area contributed by atoms with Crippen molar-refractivity contribution in [3.8, 4) is 0 Å². The number of β-amino-alcohol motifs (C(OH)–C–C–N with tert-alkyl or cyclic N) is 1. The number of carbonyl (C=O) groups excluding carboxylic acids is 1. The molecule has 2 aromatic carbocycles. The molecule has 0 fully saturated rings. The highest BCUT2D eigenvalue weighted by Crippen LogP contribution is 2.36. The zero-order chi connectivity index (χ0) is 16.4. The molecular weight excluding hydrogens is 295 g/mol. The molecule has 120 valence electrons. The molecule has 2 unspecified atom stereocenters. The first-order valence-corrected chi connectivity index (χ1v) is 7.63. The van der Waals surface area contributed by atoms with Gasteiger partial charge in [-0.05, 0) is 24.1 Å². The van der Waals surface area contributed by atoms with Gasteiger partial charge in [-0.25, -0.2) is 4.39 Å². The van der Waals surface area contributed by atoms with Crippen LogP contribution in [0.15, 0.2) is 48.5 Å². The molecule has 2 aromatic rings. The number of nitrogens with two attached hydrogens (primary N) is 1. The summed E-state index contributed by atoms with van der Waals surface area (Å²) < 4.78 is 13.8. The molecule has 0 spiro atoms. The van der Waals surface area contributed by atoms with Gasteiger partial charge in [-0.15, -0.1) is 0 Å². The maximum atomic E-state index is 13.8. The molecule has 3 N–H and O–H groups in total. The number of amides is 1. The molecule has 2 atom stereocenters. The number of halogens is 1. The van der Waals surface area contributed by atoms with E-state index in [0.717, 1.165) is 11.3 Å². The van der Waals surface area contributed by atoms with Gasteiger partial charge in [0.05, 0.1) is 12.0 Å². The van der Waals surface area contributed by atoms with Crippen LogP contribution in [0.1, 0.15) is 29.6 Å². The van der Waals surface area contributed by atoms with Gasteiger partial charge in [0.15, 0.2) is 0 Å². The number of para-hydroxylation sites is 1. The average molecular weight is 314 g/mol. The predicted octanol–water partition coefficient (Wildman–Crippen LogP) is 2.34. The number of fused-ring (bicyclic) bond motifs is 1. The van der Waals surface area contributed by atoms with E-state index in [1.807, 2.05) is 29.2 Å². The molecule has 0 bridgehead atoms. The maximum Gasteiger partial charge on any atom is 0.225 e. The lowest BCUT2D eigenvalue weighted by Crippen LogP contribution is -2.38. The SMILES string of the molecule is NC(=O)C1CCN(CC(O)c2ccccc2F)c2ccccc21. The number of primary amides is 1. The second-order valence-electron chi connectivity index (χ2n) is 5.79. The van der Waals surface area contributed by atoms with E-state index in [2.05, 4.69) is 0 Å². The van der Waals surface area contributed by atoms with E-state index in [1.165, 1.54) is 6.07 Å². The van der Waals surface area contributed by atoms with Gasteiger partial charge in [0.1, 0.15) is 5.82 Å². The number of aliphatic hydroxyl groups is 1. The van der Waals surface area contributed by atoms with Crippen LogP contribution < -0.4 is 10.6 Å². The Morgan fingerprint density at radius 2 is 1.96 bits per heavy atom. The van der Waals surface area contributed by atoms with E-state index in [-0.39, 0.29) is 23.9 Å². The third kappa shape index (κ3) is 3.05. The minimum Gasteiger partial charge on any atom is -0.386 e. The van der Waals surface area contributed by atoms with Crippen LogP contribution in [0.25, 0.3) is 0 Å². The third-order valence-electron chi connectivity index (χ3n) is 4.34. The van der Waals surface area contributed by atoms with E-state index in [4.69, 9.17) is 5.73 Å². The average Bonchev–Trinajstić information content (AvgIpc) is 2.55. The van der Waals surface area contributed by atoms with E-state index < -0.39 is 11.9 Å². The fourth-order valence-electron chi connectivity index (χ4n) is 3.17. The van der Waals surface area contributed by atoms with Gasteiger partial charge in [-0.2, -0.15) is 0 Å². The summed E-state index contributed by atoms with van der Waals surface area (Å²) in [6.45, 7) is 0.861. The van der Waals surface area contributed by atoms with Crippen molar-refractivity contribution in [2.24, 2.45) is 5.73 Å². The van der Waals surface area contributed by atoms with Crippen molar-refractivity contribution in [1.82, 2.24) is 0 Å². The number of carbonyl (C=O) groups is 1. The van der Waals surface area contributed by atoms with Gasteiger partial charge in [-0.1, -0.05) is 36.4 Å². The number of nitrogens with zero attached hydrogens (tertiary/aromatic N) is 1. The van der Waals surface area contributed by atoms with Gasteiger partial charge in [0, 0.05) is 24.3 Å². The monoisotopic (exact) mass is 314 g/mol. The Morgan fingerprint density at radius 3 is 2.70 bits per heavy atom. The van der Waals surface area contributed by atoms with E-state index in [1.54, 1.807) is 18.2 Å². The zero-order valence-electron chi connectivity index (χ0n) is 12.7. The fourth-order valence-corrected chi connectivity index (χ4v) is 3.17. The highest BCUT2D eigenvalue weighted by Gasteiger charge is 2.29. The predicted molar refractivity (Wildman–Crippen MR) is 86.6 cm³/mol. The number of hydrogen-bond donors (Lipinski definition) is 2. The van der Waals surface area contributed by atoms with E-state index in [9.17, 15) is 14.3 Å². The topological polar surface area (TPSA) is 66.6 Å². The van der Waals surface area contributed by atoms with Gasteiger partial charge in [0.25, 0.3) is 0 Å². The van der Waals surface area contributed by atoms with Crippen molar-refractivity contribution in [3.05, 3.63) is 65.5 Å². The van der Waals surface area contributed by atoms with E-state index >= 15 is 0 Å². The standard InChI is InChI=1S/C18H19FN2O2/c19-15-7-3-1-6-14(15)17(22)11-21-10-9-13(18(20)23)12-5-2-4-8-16(12)21/h1-8,13,17,22H,9-11H2,(H2,20,23). The van der Waals surface area contributed by atoms with Crippen molar-refractivity contribution in [3.63, 3.8) is 0 Å². The Kier molecular flexibility index (Phi) is 4.30. The molecule has 1 aliphatic heterocycles. The zero-order valence-corrected chi connectivity index (χ0v) is 12.7. The van der Waals surface area contributed by atoms with Crippen molar-refractivity contribution < 1.29 is 14.3 Å². The highest BCUT2D eigenvalue weighted by molar-refractivity contribution is 5.85. The first kappa shape index (κ1) is 15.5. The van der Waals surface area contributed by atoms with Crippen molar-refractivity contribution in [2.45, 2.75) is 18.4 Å². The molecule has 3 rings (SSSR count). The van der Waals surface area contributed by atoms with Gasteiger partial charge in [-0.3, -0.25) is 4.79 Å². The number of aliphatic hydroxyl groups excluding tert-OH is 1. The lowest BCUT2D eigenvalue weighted by molar-refractivity contribution is -0.119. The summed E-state index contributed by atoms with van der Waals surface area (Å²) in [5.74, 6) is -1.07. The van der Waals surface area contributed by atoms with Crippen LogP contribution in [0.4, 0.5) is 10.1 Å². The molecule has 1 aliphatic rings. The van der Waals surface area contributed by atoms with Crippen LogP contribution in [0.2, 0.25) is 0 Å². The lowest BCUT2D eigenvalue weighted by Gasteiger charge is -2.35. The van der Waals surface area contributed by atoms with Crippen LogP contribution >= 0.6 is 0 Å². The minimum absolute atomic E-state index is 0.267. The summed E-state index contributed by atoms with van der Waals surface area (Å²) in [5, 5.41) is 10.4. The third-order valence-corrected chi connectivity index (χ3v) is 4.34. The Morgan fingerprint density at radius 1 is 1.26 bits per heavy atom. The molecule has 0 aromatic heterocycles. The largest absolute Gasteiger partial charge is 0.386 e. The Hall–Kier alpha value is -2.40. The van der Waals surface area contributed by atoms with E-state index in [0.29, 0.717) is 13.0 Å². The Balaban J connectivity index is 1.85. The Bertz CT molecular complexity index is 720. The van der Waals surface area contributed by atoms with Crippen LogP contribution in [0.5, 0.6) is 0 Å². The Labute approximate surface area is 134 Å². The van der Waals surface area contributed by atoms with Crippen molar-refractivity contribution in [2.75, 3.05) is 18.0 Å². The molecule has 0 aliphatic carbocycles. The van der Waals surface area contributed by atoms with Gasteiger partial charge >= 0.3 is 0 Å². The quantitative estimate of drug-likeness (QED) is 0.910. The normalized spacial score (nSPS) is 18.3. The summed E-state index contributed by atoms with van der Waals surface area (Å²) in [5.41, 5.74) is 7.50. The second kappa shape index (κ2) is 6.38. The minimum atomic E-state index is -0.936. The molecule has 4 nitrogen and oxygen atoms in total. The molecule has 0 radical (unpaired) electrons. The number of hydrogen-bond acceptors (Lipinski definition) is 3. The number of rotatable bonds is 4. The fraction of sp³-hybridized carbons (Fsp3) is 0.278. The summed E-state index contributed by atoms with van der Waals surface area (Å²) in [6.07, 6.45) is -0.342. The van der Waals surface area contributed by atoms with Crippen molar-refractivity contribution in [1.29, 1.82) is 0 Å². The van der Waals surface area contributed by atoms with Crippen molar-refractivity contribution >= 4 is 11.6 Å². The van der Waals surface area contributed by atoms with Crippen LogP contribution in [-0.4, -0.2) is 24.1 Å². The molecular formula is C18H19FN2O2. The second-order valence-corrected chi connectivity index (χ2v) is 5.79. The molecule has 0 saturated carbocycles. The summed E-state index contributed by atoms with van der Waals surface area (Å²) >= 11 is 0. The van der Waals surface area contributed by atoms with Crippen LogP contribution in [-0.2, 0) is 4.79 Å². The lowest BCUT2D eigenvalue weighted by atomic mass is 9.89. The molecule has 1 heterocycles. The smallest absolute Gasteiger partial charge is 0.225 e. The highest BCUT2D eigenvalue weighted by atomic mass is 19.1. The number of benzene rings is 2. The molecule has 1 amide bonds. The number of anilines is 1. The van der Waals surface area contributed by atoms with Crippen LogP contribution in [0, 0.1) is 5.82 Å². The molecule has 23 heavy (non-hydrogen) atoms.